The van der Waals surface area contributed by atoms with Crippen LogP contribution in [0.4, 0.5) is 0 Å². The zero-order valence-electron chi connectivity index (χ0n) is 12.7. The van der Waals surface area contributed by atoms with Crippen molar-refractivity contribution in [2.75, 3.05) is 0 Å². The summed E-state index contributed by atoms with van der Waals surface area (Å²) in [6.07, 6.45) is 21.1. The molecule has 1 saturated carbocycles. The minimum atomic E-state index is -0.479. The topological polar surface area (TPSA) is 20.2 Å². The van der Waals surface area contributed by atoms with Crippen molar-refractivity contribution < 1.29 is 5.11 Å². The van der Waals surface area contributed by atoms with Gasteiger partial charge in [-0.05, 0) is 18.3 Å². The molecule has 0 bridgehead atoms. The Bertz CT molecular complexity index is 253. The van der Waals surface area contributed by atoms with Crippen LogP contribution in [-0.2, 0) is 0 Å². The summed E-state index contributed by atoms with van der Waals surface area (Å²) < 4.78 is 0. The maximum absolute atomic E-state index is 9.49. The lowest BCUT2D eigenvalue weighted by atomic mass is 10.0. The van der Waals surface area contributed by atoms with Gasteiger partial charge in [0.25, 0.3) is 0 Å². The Morgan fingerprint density at radius 3 is 2.05 bits per heavy atom. The van der Waals surface area contributed by atoms with E-state index in [2.05, 4.69) is 12.8 Å². The van der Waals surface area contributed by atoms with Gasteiger partial charge in [-0.25, -0.2) is 0 Å². The second-order valence-electron chi connectivity index (χ2n) is 6.24. The summed E-state index contributed by atoms with van der Waals surface area (Å²) in [6.45, 7) is 2.27. The van der Waals surface area contributed by atoms with Crippen molar-refractivity contribution in [2.24, 2.45) is 11.8 Å². The summed E-state index contributed by atoms with van der Waals surface area (Å²) in [5, 5.41) is 9.49. The molecule has 0 aromatic rings. The molecule has 1 nitrogen and oxygen atoms in total. The van der Waals surface area contributed by atoms with Crippen LogP contribution in [0.5, 0.6) is 0 Å². The zero-order valence-corrected chi connectivity index (χ0v) is 12.7. The molecule has 1 aliphatic rings. The van der Waals surface area contributed by atoms with Gasteiger partial charge in [0, 0.05) is 0 Å². The maximum Gasteiger partial charge on any atom is 0.117 e. The van der Waals surface area contributed by atoms with Crippen molar-refractivity contribution in [1.82, 2.24) is 0 Å². The van der Waals surface area contributed by atoms with Crippen LogP contribution in [0, 0.1) is 24.2 Å². The summed E-state index contributed by atoms with van der Waals surface area (Å²) in [5.74, 6) is 3.59. The molecule has 110 valence electrons. The maximum atomic E-state index is 9.49. The molecule has 19 heavy (non-hydrogen) atoms. The molecule has 0 aliphatic heterocycles. The third-order valence-corrected chi connectivity index (χ3v) is 4.48. The summed E-state index contributed by atoms with van der Waals surface area (Å²) in [4.78, 5) is 0. The van der Waals surface area contributed by atoms with Gasteiger partial charge in [0.1, 0.15) is 6.10 Å². The predicted octanol–water partition coefficient (Wildman–Crippen LogP) is 4.93. The Labute approximate surface area is 120 Å². The fourth-order valence-electron chi connectivity index (χ4n) is 3.01. The van der Waals surface area contributed by atoms with Crippen LogP contribution >= 0.6 is 0 Å². The average molecular weight is 264 g/mol. The van der Waals surface area contributed by atoms with Crippen LogP contribution in [0.3, 0.4) is 0 Å². The van der Waals surface area contributed by atoms with Gasteiger partial charge in [-0.15, -0.1) is 6.42 Å². The molecule has 1 rings (SSSR count). The van der Waals surface area contributed by atoms with Gasteiger partial charge < -0.3 is 5.11 Å². The van der Waals surface area contributed by atoms with E-state index in [-0.39, 0.29) is 0 Å². The van der Waals surface area contributed by atoms with E-state index in [9.17, 15) is 5.11 Å². The molecule has 0 aromatic heterocycles. The summed E-state index contributed by atoms with van der Waals surface area (Å²) >= 11 is 0. The fraction of sp³-hybridized carbons (Fsp3) is 0.889. The first kappa shape index (κ1) is 16.6. The Balaban J connectivity index is 1.77. The zero-order chi connectivity index (χ0) is 13.9. The quantitative estimate of drug-likeness (QED) is 0.391. The van der Waals surface area contributed by atoms with Gasteiger partial charge in [0.2, 0.25) is 0 Å². The summed E-state index contributed by atoms with van der Waals surface area (Å²) in [7, 11) is 0. The summed E-state index contributed by atoms with van der Waals surface area (Å²) in [6, 6.07) is 0. The molecular formula is C18H32O. The SMILES string of the molecule is C#C[C@@H](O)[C@@H]1C[C@H]1CCCCCCCCCCCC. The van der Waals surface area contributed by atoms with Gasteiger partial charge in [-0.2, -0.15) is 0 Å². The number of unbranched alkanes of at least 4 members (excludes halogenated alkanes) is 9. The molecule has 0 spiro atoms. The number of hydrogen-bond donors (Lipinski definition) is 1. The molecule has 0 unspecified atom stereocenters. The third-order valence-electron chi connectivity index (χ3n) is 4.48. The highest BCUT2D eigenvalue weighted by Crippen LogP contribution is 2.44. The molecule has 1 fully saturated rings. The number of rotatable bonds is 12. The minimum absolute atomic E-state index is 0.420. The van der Waals surface area contributed by atoms with Crippen molar-refractivity contribution in [1.29, 1.82) is 0 Å². The van der Waals surface area contributed by atoms with E-state index in [0.29, 0.717) is 5.92 Å². The molecular weight excluding hydrogens is 232 g/mol. The van der Waals surface area contributed by atoms with Crippen LogP contribution < -0.4 is 0 Å². The van der Waals surface area contributed by atoms with Gasteiger partial charge >= 0.3 is 0 Å². The highest BCUT2D eigenvalue weighted by Gasteiger charge is 2.40. The molecule has 1 N–H and O–H groups in total. The Hall–Kier alpha value is -0.480. The van der Waals surface area contributed by atoms with Crippen LogP contribution in [-0.4, -0.2) is 11.2 Å². The standard InChI is InChI=1S/C18H32O/c1-3-5-6-7-8-9-10-11-12-13-14-16-15-17(16)18(19)4-2/h2,16-19H,3,5-15H2,1H3/t16-,17-,18-/m1/s1. The fourth-order valence-corrected chi connectivity index (χ4v) is 3.01. The van der Waals surface area contributed by atoms with Crippen LogP contribution in [0.15, 0.2) is 0 Å². The number of aliphatic hydroxyl groups is 1. The lowest BCUT2D eigenvalue weighted by molar-refractivity contribution is 0.200. The van der Waals surface area contributed by atoms with E-state index >= 15 is 0 Å². The average Bonchev–Trinajstić information content (AvgIpc) is 3.19. The van der Waals surface area contributed by atoms with E-state index in [1.165, 1.54) is 70.6 Å². The van der Waals surface area contributed by atoms with Crippen molar-refractivity contribution in [2.45, 2.75) is 90.1 Å². The first-order valence-corrected chi connectivity index (χ1v) is 8.43. The predicted molar refractivity (Wildman–Crippen MR) is 82.9 cm³/mol. The Morgan fingerprint density at radius 2 is 1.53 bits per heavy atom. The van der Waals surface area contributed by atoms with Crippen molar-refractivity contribution in [3.8, 4) is 12.3 Å². The number of aliphatic hydroxyl groups excluding tert-OH is 1. The third kappa shape index (κ3) is 7.63. The first-order chi connectivity index (χ1) is 9.29. The molecule has 0 radical (unpaired) electrons. The van der Waals surface area contributed by atoms with Crippen molar-refractivity contribution >= 4 is 0 Å². The summed E-state index contributed by atoms with van der Waals surface area (Å²) in [5.41, 5.74) is 0. The van der Waals surface area contributed by atoms with Gasteiger partial charge in [-0.3, -0.25) is 0 Å². The molecule has 0 amide bonds. The largest absolute Gasteiger partial charge is 0.380 e. The smallest absolute Gasteiger partial charge is 0.117 e. The molecule has 1 heteroatoms. The van der Waals surface area contributed by atoms with Gasteiger partial charge in [-0.1, -0.05) is 83.5 Å². The highest BCUT2D eigenvalue weighted by molar-refractivity contribution is 5.05. The number of terminal acetylenes is 1. The molecule has 1 aliphatic carbocycles. The molecule has 0 heterocycles. The van der Waals surface area contributed by atoms with Gasteiger partial charge in [0.05, 0.1) is 0 Å². The van der Waals surface area contributed by atoms with Gasteiger partial charge in [0.15, 0.2) is 0 Å². The molecule has 0 aromatic carbocycles. The van der Waals surface area contributed by atoms with Crippen molar-refractivity contribution in [3.63, 3.8) is 0 Å². The highest BCUT2D eigenvalue weighted by atomic mass is 16.3. The van der Waals surface area contributed by atoms with E-state index in [1.54, 1.807) is 0 Å². The first-order valence-electron chi connectivity index (χ1n) is 8.43. The minimum Gasteiger partial charge on any atom is -0.380 e. The van der Waals surface area contributed by atoms with Crippen LogP contribution in [0.2, 0.25) is 0 Å². The van der Waals surface area contributed by atoms with E-state index in [4.69, 9.17) is 6.42 Å². The Morgan fingerprint density at radius 1 is 1.00 bits per heavy atom. The lowest BCUT2D eigenvalue weighted by Crippen LogP contribution is -2.06. The van der Waals surface area contributed by atoms with Crippen LogP contribution in [0.1, 0.15) is 84.0 Å². The number of hydrogen-bond acceptors (Lipinski definition) is 1. The molecule has 3 atom stereocenters. The lowest BCUT2D eigenvalue weighted by Gasteiger charge is -2.03. The van der Waals surface area contributed by atoms with E-state index < -0.39 is 6.10 Å². The second-order valence-corrected chi connectivity index (χ2v) is 6.24. The van der Waals surface area contributed by atoms with E-state index in [0.717, 1.165) is 12.3 Å². The Kier molecular flexibility index (Phi) is 9.01. The van der Waals surface area contributed by atoms with E-state index in [1.807, 2.05) is 0 Å². The van der Waals surface area contributed by atoms with Crippen LogP contribution in [0.25, 0.3) is 0 Å². The second kappa shape index (κ2) is 10.3. The molecule has 0 saturated heterocycles. The normalized spacial score (nSPS) is 23.0. The van der Waals surface area contributed by atoms with Crippen molar-refractivity contribution in [3.05, 3.63) is 0 Å². The monoisotopic (exact) mass is 264 g/mol.